The molecular weight excluding hydrogens is 128 g/mol. The molecule has 0 aliphatic carbocycles. The Hall–Kier alpha value is -0.860. The summed E-state index contributed by atoms with van der Waals surface area (Å²) in [7, 11) is 1.66. The standard InChI is InChI=1S/C7H14N2O/c1-7(2,3)8-5-9(4)6-10/h5-6H,1-4H3/b8-5-. The van der Waals surface area contributed by atoms with Gasteiger partial charge >= 0.3 is 0 Å². The number of nitrogens with zero attached hydrogens (tertiary/aromatic N) is 2. The highest BCUT2D eigenvalue weighted by molar-refractivity contribution is 5.71. The van der Waals surface area contributed by atoms with Crippen LogP contribution < -0.4 is 0 Å². The fourth-order valence-electron chi connectivity index (χ4n) is 0.291. The molecule has 0 fully saturated rings. The molecule has 0 aromatic rings. The quantitative estimate of drug-likeness (QED) is 0.320. The van der Waals surface area contributed by atoms with Crippen LogP contribution in [-0.2, 0) is 4.79 Å². The highest BCUT2D eigenvalue weighted by atomic mass is 16.1. The molecule has 0 radical (unpaired) electrons. The lowest BCUT2D eigenvalue weighted by molar-refractivity contribution is -0.113. The first-order valence-corrected chi connectivity index (χ1v) is 3.18. The Morgan fingerprint density at radius 3 is 2.20 bits per heavy atom. The van der Waals surface area contributed by atoms with Crippen molar-refractivity contribution >= 4 is 12.7 Å². The van der Waals surface area contributed by atoms with Crippen molar-refractivity contribution in [3.05, 3.63) is 0 Å². The Morgan fingerprint density at radius 1 is 1.40 bits per heavy atom. The number of carbonyl (C=O) groups is 1. The second kappa shape index (κ2) is 3.34. The van der Waals surface area contributed by atoms with Crippen molar-refractivity contribution in [2.45, 2.75) is 26.3 Å². The molecule has 0 saturated heterocycles. The van der Waals surface area contributed by atoms with E-state index in [0.717, 1.165) is 6.41 Å². The maximum atomic E-state index is 10.1. The molecule has 1 amide bonds. The number of hydrogen-bond donors (Lipinski definition) is 0. The van der Waals surface area contributed by atoms with Gasteiger partial charge in [0.25, 0.3) is 0 Å². The summed E-state index contributed by atoms with van der Waals surface area (Å²) in [5, 5.41) is 0. The second-order valence-electron chi connectivity index (χ2n) is 3.19. The van der Waals surface area contributed by atoms with E-state index >= 15 is 0 Å². The van der Waals surface area contributed by atoms with E-state index in [0.29, 0.717) is 0 Å². The topological polar surface area (TPSA) is 32.7 Å². The van der Waals surface area contributed by atoms with E-state index in [1.807, 2.05) is 20.8 Å². The average Bonchev–Trinajstić information content (AvgIpc) is 1.81. The number of carbonyl (C=O) groups excluding carboxylic acids is 1. The third-order valence-electron chi connectivity index (χ3n) is 0.793. The third-order valence-corrected chi connectivity index (χ3v) is 0.793. The van der Waals surface area contributed by atoms with Crippen LogP contribution in [0.15, 0.2) is 4.99 Å². The SMILES string of the molecule is CN(C=O)/C=N\C(C)(C)C. The molecule has 0 bridgehead atoms. The number of rotatable bonds is 2. The molecule has 0 rings (SSSR count). The van der Waals surface area contributed by atoms with Crippen molar-refractivity contribution in [3.8, 4) is 0 Å². The summed E-state index contributed by atoms with van der Waals surface area (Å²) in [6.07, 6.45) is 2.24. The van der Waals surface area contributed by atoms with Crippen LogP contribution in [0.25, 0.3) is 0 Å². The zero-order valence-corrected chi connectivity index (χ0v) is 6.96. The lowest BCUT2D eigenvalue weighted by atomic mass is 10.1. The number of aliphatic imine (C=N–C) groups is 1. The lowest BCUT2D eigenvalue weighted by Crippen LogP contribution is -2.18. The van der Waals surface area contributed by atoms with E-state index < -0.39 is 0 Å². The van der Waals surface area contributed by atoms with Crippen LogP contribution in [0.5, 0.6) is 0 Å². The normalized spacial score (nSPS) is 12.0. The summed E-state index contributed by atoms with van der Waals surface area (Å²) in [5.74, 6) is 0. The Kier molecular flexibility index (Phi) is 3.06. The minimum absolute atomic E-state index is 0.0999. The van der Waals surface area contributed by atoms with Crippen molar-refractivity contribution in [2.75, 3.05) is 7.05 Å². The van der Waals surface area contributed by atoms with Crippen LogP contribution in [0.4, 0.5) is 0 Å². The van der Waals surface area contributed by atoms with Gasteiger partial charge in [0.15, 0.2) is 0 Å². The summed E-state index contributed by atoms with van der Waals surface area (Å²) < 4.78 is 0. The Balaban J connectivity index is 3.87. The van der Waals surface area contributed by atoms with E-state index in [4.69, 9.17) is 0 Å². The summed E-state index contributed by atoms with van der Waals surface area (Å²) in [5.41, 5.74) is -0.0999. The molecule has 3 nitrogen and oxygen atoms in total. The summed E-state index contributed by atoms with van der Waals surface area (Å²) >= 11 is 0. The zero-order valence-electron chi connectivity index (χ0n) is 6.96. The Labute approximate surface area is 61.7 Å². The van der Waals surface area contributed by atoms with Gasteiger partial charge in [-0.2, -0.15) is 0 Å². The van der Waals surface area contributed by atoms with Crippen molar-refractivity contribution in [3.63, 3.8) is 0 Å². The molecule has 0 aromatic heterocycles. The molecule has 0 aliphatic heterocycles. The monoisotopic (exact) mass is 142 g/mol. The van der Waals surface area contributed by atoms with Crippen LogP contribution in [0.3, 0.4) is 0 Å². The van der Waals surface area contributed by atoms with Crippen molar-refractivity contribution < 1.29 is 4.79 Å². The van der Waals surface area contributed by atoms with Crippen LogP contribution >= 0.6 is 0 Å². The van der Waals surface area contributed by atoms with Gasteiger partial charge in [0.1, 0.15) is 0 Å². The first-order chi connectivity index (χ1) is 4.45. The zero-order chi connectivity index (χ0) is 8.20. The molecule has 0 N–H and O–H groups in total. The van der Waals surface area contributed by atoms with Gasteiger partial charge in [-0.15, -0.1) is 0 Å². The van der Waals surface area contributed by atoms with Gasteiger partial charge in [-0.25, -0.2) is 0 Å². The summed E-state index contributed by atoms with van der Waals surface area (Å²) in [6.45, 7) is 5.92. The minimum atomic E-state index is -0.0999. The Morgan fingerprint density at radius 2 is 1.90 bits per heavy atom. The van der Waals surface area contributed by atoms with Crippen LogP contribution in [0.2, 0.25) is 0 Å². The molecule has 0 heterocycles. The maximum Gasteiger partial charge on any atom is 0.214 e. The van der Waals surface area contributed by atoms with Crippen molar-refractivity contribution in [1.29, 1.82) is 0 Å². The minimum Gasteiger partial charge on any atom is -0.309 e. The average molecular weight is 142 g/mol. The third kappa shape index (κ3) is 5.28. The summed E-state index contributed by atoms with van der Waals surface area (Å²) in [6, 6.07) is 0. The van der Waals surface area contributed by atoms with E-state index in [1.165, 1.54) is 11.2 Å². The fraction of sp³-hybridized carbons (Fsp3) is 0.714. The molecule has 0 spiro atoms. The summed E-state index contributed by atoms with van der Waals surface area (Å²) in [4.78, 5) is 15.5. The molecule has 58 valence electrons. The van der Waals surface area contributed by atoms with Crippen LogP contribution in [0.1, 0.15) is 20.8 Å². The van der Waals surface area contributed by atoms with Gasteiger partial charge in [0.05, 0.1) is 11.9 Å². The van der Waals surface area contributed by atoms with Gasteiger partial charge in [0.2, 0.25) is 6.41 Å². The highest BCUT2D eigenvalue weighted by Crippen LogP contribution is 2.04. The van der Waals surface area contributed by atoms with E-state index in [9.17, 15) is 4.79 Å². The molecule has 0 unspecified atom stereocenters. The van der Waals surface area contributed by atoms with E-state index in [-0.39, 0.29) is 5.54 Å². The number of hydrogen-bond acceptors (Lipinski definition) is 2. The first kappa shape index (κ1) is 9.14. The van der Waals surface area contributed by atoms with E-state index in [1.54, 1.807) is 7.05 Å². The van der Waals surface area contributed by atoms with Gasteiger partial charge in [-0.3, -0.25) is 9.79 Å². The molecule has 0 aromatic carbocycles. The molecule has 0 atom stereocenters. The lowest BCUT2D eigenvalue weighted by Gasteiger charge is -2.12. The largest absolute Gasteiger partial charge is 0.309 e. The predicted octanol–water partition coefficient (Wildman–Crippen LogP) is 0.901. The first-order valence-electron chi connectivity index (χ1n) is 3.18. The van der Waals surface area contributed by atoms with Crippen molar-refractivity contribution in [2.24, 2.45) is 4.99 Å². The Bertz CT molecular complexity index is 135. The van der Waals surface area contributed by atoms with Crippen LogP contribution in [0, 0.1) is 0 Å². The molecule has 0 aliphatic rings. The highest BCUT2D eigenvalue weighted by Gasteiger charge is 2.04. The van der Waals surface area contributed by atoms with E-state index in [2.05, 4.69) is 4.99 Å². The van der Waals surface area contributed by atoms with Crippen LogP contribution in [-0.4, -0.2) is 30.2 Å². The second-order valence-corrected chi connectivity index (χ2v) is 3.19. The van der Waals surface area contributed by atoms with Gasteiger partial charge in [-0.05, 0) is 20.8 Å². The van der Waals surface area contributed by atoms with Gasteiger partial charge in [0, 0.05) is 7.05 Å². The molecule has 10 heavy (non-hydrogen) atoms. The molecular formula is C7H14N2O. The maximum absolute atomic E-state index is 10.1. The predicted molar refractivity (Wildman–Crippen MR) is 42.1 cm³/mol. The van der Waals surface area contributed by atoms with Crippen molar-refractivity contribution in [1.82, 2.24) is 4.90 Å². The molecule has 0 saturated carbocycles. The number of amides is 1. The van der Waals surface area contributed by atoms with Gasteiger partial charge in [-0.1, -0.05) is 0 Å². The fourth-order valence-corrected chi connectivity index (χ4v) is 0.291. The van der Waals surface area contributed by atoms with Gasteiger partial charge < -0.3 is 4.90 Å². The molecule has 3 heteroatoms. The smallest absolute Gasteiger partial charge is 0.214 e.